The van der Waals surface area contributed by atoms with Crippen LogP contribution in [-0.2, 0) is 10.0 Å². The van der Waals surface area contributed by atoms with Gasteiger partial charge in [0.05, 0.1) is 0 Å². The van der Waals surface area contributed by atoms with Crippen molar-refractivity contribution >= 4 is 33.0 Å². The molecule has 0 unspecified atom stereocenters. The third kappa shape index (κ3) is 2.91. The lowest BCUT2D eigenvalue weighted by atomic mass is 10.3. The van der Waals surface area contributed by atoms with E-state index in [0.717, 1.165) is 17.4 Å². The zero-order valence-electron chi connectivity index (χ0n) is 10.3. The number of aryl methyl sites for hydroxylation is 1. The second-order valence-corrected chi connectivity index (χ2v) is 6.90. The van der Waals surface area contributed by atoms with Crippen LogP contribution in [0.4, 0.5) is 5.69 Å². The number of phenols is 1. The number of nitrogens with one attached hydrogen (secondary N) is 1. The summed E-state index contributed by atoms with van der Waals surface area (Å²) in [6, 6.07) is 6.65. The Labute approximate surface area is 119 Å². The zero-order valence-corrected chi connectivity index (χ0v) is 12.0. The molecule has 0 aliphatic heterocycles. The third-order valence-electron chi connectivity index (χ3n) is 2.49. The van der Waals surface area contributed by atoms with E-state index in [1.165, 1.54) is 24.3 Å². The highest BCUT2D eigenvalue weighted by molar-refractivity contribution is 7.93. The minimum Gasteiger partial charge on any atom is -0.508 e. The predicted octanol–water partition coefficient (Wildman–Crippen LogP) is 2.26. The molecule has 0 fully saturated rings. The molecule has 1 aromatic carbocycles. The smallest absolute Gasteiger partial charge is 0.345 e. The molecular weight excluding hydrogens is 302 g/mol. The van der Waals surface area contributed by atoms with Gasteiger partial charge in [0.25, 0.3) is 10.0 Å². The van der Waals surface area contributed by atoms with Crippen molar-refractivity contribution in [1.29, 1.82) is 0 Å². The molecule has 2 rings (SSSR count). The van der Waals surface area contributed by atoms with E-state index in [2.05, 4.69) is 4.72 Å². The Morgan fingerprint density at radius 1 is 1.25 bits per heavy atom. The quantitative estimate of drug-likeness (QED) is 0.751. The van der Waals surface area contributed by atoms with Crippen molar-refractivity contribution in [1.82, 2.24) is 0 Å². The first-order valence-corrected chi connectivity index (χ1v) is 7.75. The summed E-state index contributed by atoms with van der Waals surface area (Å²) in [6.07, 6.45) is 0. The Morgan fingerprint density at radius 2 is 1.85 bits per heavy atom. The molecule has 0 aliphatic rings. The average Bonchev–Trinajstić information content (AvgIpc) is 2.75. The van der Waals surface area contributed by atoms with E-state index in [1.54, 1.807) is 6.92 Å². The number of rotatable bonds is 4. The molecule has 0 atom stereocenters. The second kappa shape index (κ2) is 5.14. The number of carbonyl (C=O) groups is 1. The monoisotopic (exact) mass is 313 g/mol. The normalized spacial score (nSPS) is 11.2. The van der Waals surface area contributed by atoms with Gasteiger partial charge in [-0.2, -0.15) is 0 Å². The standard InChI is InChI=1S/C12H11NO5S2/c1-7-11(6-10(19-7)12(15)16)20(17,18)13-8-2-4-9(14)5-3-8/h2-6,13-14H,1H3,(H,15,16). The molecule has 1 heterocycles. The van der Waals surface area contributed by atoms with Crippen LogP contribution in [0.15, 0.2) is 35.2 Å². The largest absolute Gasteiger partial charge is 0.508 e. The molecule has 20 heavy (non-hydrogen) atoms. The van der Waals surface area contributed by atoms with Gasteiger partial charge in [0, 0.05) is 10.6 Å². The molecule has 0 bridgehead atoms. The van der Waals surface area contributed by atoms with E-state index < -0.39 is 16.0 Å². The lowest BCUT2D eigenvalue weighted by molar-refractivity contribution is 0.0702. The number of carboxylic acids is 1. The molecule has 3 N–H and O–H groups in total. The first-order valence-electron chi connectivity index (χ1n) is 5.45. The number of carboxylic acid groups (broad SMARTS) is 1. The number of aromatic hydroxyl groups is 1. The van der Waals surface area contributed by atoms with Crippen LogP contribution in [0.2, 0.25) is 0 Å². The van der Waals surface area contributed by atoms with E-state index in [0.29, 0.717) is 4.88 Å². The maximum Gasteiger partial charge on any atom is 0.345 e. The summed E-state index contributed by atoms with van der Waals surface area (Å²) in [5.41, 5.74) is 0.283. The molecular formula is C12H11NO5S2. The van der Waals surface area contributed by atoms with Crippen molar-refractivity contribution in [3.63, 3.8) is 0 Å². The van der Waals surface area contributed by atoms with E-state index >= 15 is 0 Å². The highest BCUT2D eigenvalue weighted by Gasteiger charge is 2.22. The summed E-state index contributed by atoms with van der Waals surface area (Å²) in [5, 5.41) is 18.0. The first-order chi connectivity index (χ1) is 9.29. The lowest BCUT2D eigenvalue weighted by Gasteiger charge is -2.07. The average molecular weight is 313 g/mol. The predicted molar refractivity (Wildman–Crippen MR) is 74.9 cm³/mol. The van der Waals surface area contributed by atoms with Gasteiger partial charge >= 0.3 is 5.97 Å². The van der Waals surface area contributed by atoms with Gasteiger partial charge in [-0.15, -0.1) is 11.3 Å². The molecule has 0 spiro atoms. The van der Waals surface area contributed by atoms with Gasteiger partial charge < -0.3 is 10.2 Å². The Balaban J connectivity index is 2.35. The summed E-state index contributed by atoms with van der Waals surface area (Å²) in [5.74, 6) is -1.14. The van der Waals surface area contributed by atoms with Crippen LogP contribution >= 0.6 is 11.3 Å². The Hall–Kier alpha value is -2.06. The van der Waals surface area contributed by atoms with Crippen LogP contribution < -0.4 is 4.72 Å². The van der Waals surface area contributed by atoms with Crippen molar-refractivity contribution in [2.75, 3.05) is 4.72 Å². The molecule has 6 nitrogen and oxygen atoms in total. The highest BCUT2D eigenvalue weighted by Crippen LogP contribution is 2.27. The minimum atomic E-state index is -3.85. The molecule has 0 saturated carbocycles. The SMILES string of the molecule is Cc1sc(C(=O)O)cc1S(=O)(=O)Nc1ccc(O)cc1. The molecule has 8 heteroatoms. The third-order valence-corrected chi connectivity index (χ3v) is 5.17. The van der Waals surface area contributed by atoms with Gasteiger partial charge in [-0.05, 0) is 37.3 Å². The fraction of sp³-hybridized carbons (Fsp3) is 0.0833. The van der Waals surface area contributed by atoms with Gasteiger partial charge in [-0.25, -0.2) is 13.2 Å². The van der Waals surface area contributed by atoms with E-state index in [1.807, 2.05) is 0 Å². The van der Waals surface area contributed by atoms with Crippen molar-refractivity contribution in [2.24, 2.45) is 0 Å². The number of aromatic carboxylic acids is 1. The zero-order chi connectivity index (χ0) is 14.9. The van der Waals surface area contributed by atoms with Crippen molar-refractivity contribution < 1.29 is 23.4 Å². The first kappa shape index (κ1) is 14.4. The minimum absolute atomic E-state index is 0.0211. The van der Waals surface area contributed by atoms with Crippen molar-refractivity contribution in [3.05, 3.63) is 40.1 Å². The van der Waals surface area contributed by atoms with Gasteiger partial charge in [0.2, 0.25) is 0 Å². The Bertz CT molecular complexity index is 747. The van der Waals surface area contributed by atoms with Crippen LogP contribution in [0, 0.1) is 6.92 Å². The van der Waals surface area contributed by atoms with Gasteiger partial charge in [0.1, 0.15) is 15.5 Å². The molecule has 0 radical (unpaired) electrons. The summed E-state index contributed by atoms with van der Waals surface area (Å²) < 4.78 is 26.7. The van der Waals surface area contributed by atoms with Crippen LogP contribution in [0.1, 0.15) is 14.5 Å². The van der Waals surface area contributed by atoms with Crippen molar-refractivity contribution in [2.45, 2.75) is 11.8 Å². The number of hydrogen-bond donors (Lipinski definition) is 3. The van der Waals surface area contributed by atoms with Gasteiger partial charge in [-0.1, -0.05) is 0 Å². The lowest BCUT2D eigenvalue weighted by Crippen LogP contribution is -2.13. The summed E-state index contributed by atoms with van der Waals surface area (Å²) >= 11 is 0.904. The van der Waals surface area contributed by atoms with E-state index in [-0.39, 0.29) is 21.2 Å². The fourth-order valence-electron chi connectivity index (χ4n) is 1.58. The molecule has 106 valence electrons. The summed E-state index contributed by atoms with van der Waals surface area (Å²) in [7, 11) is -3.85. The van der Waals surface area contributed by atoms with Gasteiger partial charge in [-0.3, -0.25) is 4.72 Å². The number of phenolic OH excluding ortho intramolecular Hbond substituents is 1. The maximum absolute atomic E-state index is 12.2. The van der Waals surface area contributed by atoms with Crippen LogP contribution in [-0.4, -0.2) is 24.6 Å². The molecule has 0 amide bonds. The number of anilines is 1. The molecule has 0 saturated heterocycles. The van der Waals surface area contributed by atoms with Gasteiger partial charge in [0.15, 0.2) is 0 Å². The number of thiophene rings is 1. The van der Waals surface area contributed by atoms with E-state index in [9.17, 15) is 13.2 Å². The van der Waals surface area contributed by atoms with Crippen LogP contribution in [0.3, 0.4) is 0 Å². The molecule has 1 aromatic heterocycles. The number of hydrogen-bond acceptors (Lipinski definition) is 5. The molecule has 2 aromatic rings. The summed E-state index contributed by atoms with van der Waals surface area (Å²) in [4.78, 5) is 11.2. The Kier molecular flexibility index (Phi) is 3.69. The van der Waals surface area contributed by atoms with Crippen LogP contribution in [0.5, 0.6) is 5.75 Å². The second-order valence-electron chi connectivity index (χ2n) is 3.99. The molecule has 0 aliphatic carbocycles. The number of benzene rings is 1. The van der Waals surface area contributed by atoms with Crippen LogP contribution in [0.25, 0.3) is 0 Å². The fourth-order valence-corrected chi connectivity index (χ4v) is 4.07. The topological polar surface area (TPSA) is 104 Å². The maximum atomic E-state index is 12.2. The Morgan fingerprint density at radius 3 is 2.35 bits per heavy atom. The number of sulfonamides is 1. The van der Waals surface area contributed by atoms with Crippen molar-refractivity contribution in [3.8, 4) is 5.75 Å². The highest BCUT2D eigenvalue weighted by atomic mass is 32.2. The van der Waals surface area contributed by atoms with E-state index in [4.69, 9.17) is 10.2 Å². The summed E-state index contributed by atoms with van der Waals surface area (Å²) in [6.45, 7) is 1.54.